The molecular weight excluding hydrogens is 481 g/mol. The van der Waals surface area contributed by atoms with Crippen LogP contribution in [0, 0.1) is 5.82 Å². The molecule has 8 nitrogen and oxygen atoms in total. The highest BCUT2D eigenvalue weighted by molar-refractivity contribution is 7.13. The van der Waals surface area contributed by atoms with Gasteiger partial charge in [-0.15, -0.1) is 11.3 Å². The van der Waals surface area contributed by atoms with Crippen molar-refractivity contribution in [2.24, 2.45) is 0 Å². The molecule has 5 aromatic rings. The molecule has 1 aliphatic heterocycles. The Morgan fingerprint density at radius 1 is 1.14 bits per heavy atom. The molecule has 0 saturated heterocycles. The standard InChI is InChI=1S/C26H18FN5O3S/c27-18-4-6-22(33)20(11-18)23(24(34)30-26-28-7-8-36-26)32-13-16-2-1-15(10-19(16)25(32)35)14-3-5-21-17(9-14)12-29-31-21/h1-12,23,33H,13H2,(H,29,31)(H,28,30,34). The Morgan fingerprint density at radius 2 is 1.97 bits per heavy atom. The lowest BCUT2D eigenvalue weighted by atomic mass is 9.99. The highest BCUT2D eigenvalue weighted by atomic mass is 32.1. The second kappa shape index (κ2) is 8.58. The average Bonchev–Trinajstić information content (AvgIpc) is 3.62. The van der Waals surface area contributed by atoms with E-state index in [0.29, 0.717) is 10.7 Å². The summed E-state index contributed by atoms with van der Waals surface area (Å²) < 4.78 is 14.2. The Bertz CT molecular complexity index is 1630. The van der Waals surface area contributed by atoms with Crippen LogP contribution in [-0.2, 0) is 11.3 Å². The molecule has 2 aromatic heterocycles. The zero-order valence-electron chi connectivity index (χ0n) is 18.6. The summed E-state index contributed by atoms with van der Waals surface area (Å²) in [5, 5.41) is 23.1. The highest BCUT2D eigenvalue weighted by Gasteiger charge is 2.39. The number of nitrogens with one attached hydrogen (secondary N) is 2. The molecule has 0 bridgehead atoms. The van der Waals surface area contributed by atoms with E-state index in [-0.39, 0.29) is 23.8 Å². The number of H-pyrrole nitrogens is 1. The molecule has 0 spiro atoms. The maximum atomic E-state index is 14.2. The summed E-state index contributed by atoms with van der Waals surface area (Å²) in [6, 6.07) is 13.5. The first-order valence-electron chi connectivity index (χ1n) is 11.0. The number of hydrogen-bond acceptors (Lipinski definition) is 6. The largest absolute Gasteiger partial charge is 0.508 e. The molecule has 36 heavy (non-hydrogen) atoms. The molecule has 3 N–H and O–H groups in total. The number of amides is 2. The molecule has 10 heteroatoms. The molecule has 1 aliphatic rings. The maximum absolute atomic E-state index is 14.2. The van der Waals surface area contributed by atoms with Gasteiger partial charge in [0.2, 0.25) is 0 Å². The SMILES string of the molecule is O=C(Nc1nccs1)C(c1cc(F)ccc1O)N1Cc2ccc(-c3ccc4[nH]ncc4c3)cc2C1=O. The van der Waals surface area contributed by atoms with Crippen molar-refractivity contribution in [3.8, 4) is 16.9 Å². The van der Waals surface area contributed by atoms with E-state index in [1.807, 2.05) is 30.3 Å². The summed E-state index contributed by atoms with van der Waals surface area (Å²) in [6.07, 6.45) is 3.27. The van der Waals surface area contributed by atoms with Gasteiger partial charge in [0.1, 0.15) is 17.6 Å². The van der Waals surface area contributed by atoms with Crippen molar-refractivity contribution in [1.82, 2.24) is 20.1 Å². The molecule has 0 saturated carbocycles. The first kappa shape index (κ1) is 21.9. The Hall–Kier alpha value is -4.57. The van der Waals surface area contributed by atoms with E-state index in [4.69, 9.17) is 0 Å². The Labute approximate surface area is 208 Å². The number of aromatic hydroxyl groups is 1. The molecule has 178 valence electrons. The van der Waals surface area contributed by atoms with Gasteiger partial charge in [0.15, 0.2) is 5.13 Å². The fourth-order valence-corrected chi connectivity index (χ4v) is 5.02. The summed E-state index contributed by atoms with van der Waals surface area (Å²) in [7, 11) is 0. The van der Waals surface area contributed by atoms with Crippen LogP contribution in [0.2, 0.25) is 0 Å². The quantitative estimate of drug-likeness (QED) is 0.320. The molecule has 0 radical (unpaired) electrons. The molecule has 0 fully saturated rings. The van der Waals surface area contributed by atoms with Crippen LogP contribution in [0.25, 0.3) is 22.0 Å². The van der Waals surface area contributed by atoms with Gasteiger partial charge in [-0.3, -0.25) is 20.0 Å². The van der Waals surface area contributed by atoms with E-state index in [0.717, 1.165) is 39.7 Å². The first-order chi connectivity index (χ1) is 17.5. The van der Waals surface area contributed by atoms with E-state index >= 15 is 0 Å². The fourth-order valence-electron chi connectivity index (χ4n) is 4.49. The van der Waals surface area contributed by atoms with Crippen molar-refractivity contribution < 1.29 is 19.1 Å². The molecule has 1 atom stereocenters. The molecule has 3 aromatic carbocycles. The van der Waals surface area contributed by atoms with Crippen LogP contribution < -0.4 is 5.32 Å². The summed E-state index contributed by atoms with van der Waals surface area (Å²) in [5.74, 6) is -1.90. The molecule has 6 rings (SSSR count). The number of aromatic amines is 1. The van der Waals surface area contributed by atoms with Crippen molar-refractivity contribution in [1.29, 1.82) is 0 Å². The minimum atomic E-state index is -1.27. The summed E-state index contributed by atoms with van der Waals surface area (Å²) in [5.41, 5.74) is 3.84. The van der Waals surface area contributed by atoms with E-state index < -0.39 is 17.8 Å². The van der Waals surface area contributed by atoms with Crippen LogP contribution in [0.4, 0.5) is 9.52 Å². The van der Waals surface area contributed by atoms with Crippen LogP contribution >= 0.6 is 11.3 Å². The fraction of sp³-hybridized carbons (Fsp3) is 0.0769. The van der Waals surface area contributed by atoms with Crippen molar-refractivity contribution >= 4 is 39.2 Å². The zero-order chi connectivity index (χ0) is 24.8. The lowest BCUT2D eigenvalue weighted by Crippen LogP contribution is -2.37. The summed E-state index contributed by atoms with van der Waals surface area (Å²) in [6.45, 7) is 0.126. The van der Waals surface area contributed by atoms with Gasteiger partial charge in [0.05, 0.1) is 11.7 Å². The third-order valence-electron chi connectivity index (χ3n) is 6.22. The molecule has 1 unspecified atom stereocenters. The number of fused-ring (bicyclic) bond motifs is 2. The average molecular weight is 500 g/mol. The number of carbonyl (C=O) groups is 2. The summed E-state index contributed by atoms with van der Waals surface area (Å²) in [4.78, 5) is 32.4. The van der Waals surface area contributed by atoms with Crippen molar-refractivity contribution in [2.45, 2.75) is 12.6 Å². The van der Waals surface area contributed by atoms with Crippen LogP contribution in [0.1, 0.15) is 27.5 Å². The predicted molar refractivity (Wildman–Crippen MR) is 133 cm³/mol. The number of anilines is 1. The molecule has 3 heterocycles. The number of phenolic OH excluding ortho intramolecular Hbond substituents is 1. The van der Waals surface area contributed by atoms with Crippen LogP contribution in [0.3, 0.4) is 0 Å². The minimum absolute atomic E-state index is 0.00385. The molecular formula is C26H18FN5O3S. The van der Waals surface area contributed by atoms with Gasteiger partial charge in [-0.05, 0) is 53.1 Å². The van der Waals surface area contributed by atoms with E-state index in [1.165, 1.54) is 28.5 Å². The highest BCUT2D eigenvalue weighted by Crippen LogP contribution is 2.38. The second-order valence-corrected chi connectivity index (χ2v) is 9.30. The zero-order valence-corrected chi connectivity index (χ0v) is 19.4. The topological polar surface area (TPSA) is 111 Å². The van der Waals surface area contributed by atoms with Crippen LogP contribution in [0.5, 0.6) is 5.75 Å². The van der Waals surface area contributed by atoms with E-state index in [2.05, 4.69) is 20.5 Å². The van der Waals surface area contributed by atoms with Gasteiger partial charge in [0, 0.05) is 34.6 Å². The van der Waals surface area contributed by atoms with Gasteiger partial charge >= 0.3 is 0 Å². The van der Waals surface area contributed by atoms with Gasteiger partial charge < -0.3 is 10.0 Å². The first-order valence-corrected chi connectivity index (χ1v) is 11.9. The van der Waals surface area contributed by atoms with Crippen molar-refractivity contribution in [3.63, 3.8) is 0 Å². The monoisotopic (exact) mass is 499 g/mol. The number of hydrogen-bond donors (Lipinski definition) is 3. The number of phenols is 1. The van der Waals surface area contributed by atoms with Gasteiger partial charge in [-0.2, -0.15) is 5.10 Å². The number of thiazole rings is 1. The predicted octanol–water partition coefficient (Wildman–Crippen LogP) is 4.87. The normalized spacial score (nSPS) is 13.7. The molecule has 0 aliphatic carbocycles. The van der Waals surface area contributed by atoms with Gasteiger partial charge in [-0.1, -0.05) is 18.2 Å². The lowest BCUT2D eigenvalue weighted by Gasteiger charge is -2.27. The molecule has 2 amide bonds. The summed E-state index contributed by atoms with van der Waals surface area (Å²) >= 11 is 1.21. The second-order valence-electron chi connectivity index (χ2n) is 8.41. The number of benzene rings is 3. The van der Waals surface area contributed by atoms with Crippen LogP contribution in [0.15, 0.2) is 72.4 Å². The van der Waals surface area contributed by atoms with Crippen molar-refractivity contribution in [2.75, 3.05) is 5.32 Å². The Morgan fingerprint density at radius 3 is 2.81 bits per heavy atom. The number of nitrogens with zero attached hydrogens (tertiary/aromatic N) is 3. The lowest BCUT2D eigenvalue weighted by molar-refractivity contribution is -0.120. The minimum Gasteiger partial charge on any atom is -0.508 e. The Balaban J connectivity index is 1.38. The van der Waals surface area contributed by atoms with Gasteiger partial charge in [-0.25, -0.2) is 9.37 Å². The van der Waals surface area contributed by atoms with E-state index in [1.54, 1.807) is 17.6 Å². The van der Waals surface area contributed by atoms with Crippen molar-refractivity contribution in [3.05, 3.63) is 94.9 Å². The smallest absolute Gasteiger partial charge is 0.255 e. The van der Waals surface area contributed by atoms with Gasteiger partial charge in [0.25, 0.3) is 11.8 Å². The van der Waals surface area contributed by atoms with Crippen LogP contribution in [-0.4, -0.2) is 37.0 Å². The maximum Gasteiger partial charge on any atom is 0.255 e. The third kappa shape index (κ3) is 3.77. The third-order valence-corrected chi connectivity index (χ3v) is 6.91. The number of aromatic nitrogens is 3. The number of rotatable bonds is 5. The van der Waals surface area contributed by atoms with E-state index in [9.17, 15) is 19.1 Å². The number of halogens is 1. The Kier molecular flexibility index (Phi) is 5.23. The number of carbonyl (C=O) groups excluding carboxylic acids is 2.